The first kappa shape index (κ1) is 15.2. The van der Waals surface area contributed by atoms with Crippen LogP contribution >= 0.6 is 0 Å². The molecule has 0 spiro atoms. The molecule has 0 aliphatic carbocycles. The van der Waals surface area contributed by atoms with E-state index < -0.39 is 0 Å². The average Bonchev–Trinajstić information content (AvgIpc) is 2.48. The van der Waals surface area contributed by atoms with Crippen LogP contribution in [0.5, 0.6) is 11.5 Å². The number of nitrogens with one attached hydrogen (secondary N) is 1. The molecule has 0 fully saturated rings. The van der Waals surface area contributed by atoms with E-state index >= 15 is 0 Å². The number of hydrogen-bond donors (Lipinski definition) is 2. The zero-order valence-electron chi connectivity index (χ0n) is 12.4. The van der Waals surface area contributed by atoms with E-state index in [0.717, 1.165) is 17.0 Å². The summed E-state index contributed by atoms with van der Waals surface area (Å²) in [4.78, 5) is 0. The van der Waals surface area contributed by atoms with Gasteiger partial charge in [0.2, 0.25) is 0 Å². The van der Waals surface area contributed by atoms with Gasteiger partial charge in [0.05, 0.1) is 6.61 Å². The molecule has 112 valence electrons. The second-order valence-corrected chi connectivity index (χ2v) is 4.83. The van der Waals surface area contributed by atoms with Crippen LogP contribution < -0.4 is 10.1 Å². The third-order valence-corrected chi connectivity index (χ3v) is 3.14. The highest BCUT2D eigenvalue weighted by molar-refractivity contribution is 5.50. The highest BCUT2D eigenvalue weighted by Gasteiger charge is 2.06. The average molecular weight is 287 g/mol. The fraction of sp³-hybridized carbons (Fsp3) is 0.294. The number of aromatic hydroxyl groups is 1. The smallest absolute Gasteiger partial charge is 0.121 e. The molecule has 2 aromatic carbocycles. The Balaban J connectivity index is 2.00. The number of anilines is 1. The van der Waals surface area contributed by atoms with Crippen molar-refractivity contribution in [2.24, 2.45) is 0 Å². The Morgan fingerprint density at radius 1 is 1.10 bits per heavy atom. The molecule has 1 atom stereocenters. The lowest BCUT2D eigenvalue weighted by molar-refractivity contribution is 0.146. The van der Waals surface area contributed by atoms with Gasteiger partial charge in [-0.2, -0.15) is 0 Å². The van der Waals surface area contributed by atoms with Gasteiger partial charge >= 0.3 is 0 Å². The maximum absolute atomic E-state index is 9.53. The summed E-state index contributed by atoms with van der Waals surface area (Å²) < 4.78 is 10.6. The summed E-state index contributed by atoms with van der Waals surface area (Å²) >= 11 is 0. The molecule has 21 heavy (non-hydrogen) atoms. The van der Waals surface area contributed by atoms with Crippen molar-refractivity contribution in [3.63, 3.8) is 0 Å². The summed E-state index contributed by atoms with van der Waals surface area (Å²) in [7, 11) is 1.65. The Morgan fingerprint density at radius 3 is 2.67 bits per heavy atom. The van der Waals surface area contributed by atoms with Gasteiger partial charge in [-0.05, 0) is 36.8 Å². The molecule has 2 N–H and O–H groups in total. The van der Waals surface area contributed by atoms with E-state index in [1.54, 1.807) is 19.2 Å². The fourth-order valence-corrected chi connectivity index (χ4v) is 2.05. The predicted molar refractivity (Wildman–Crippen MR) is 84.0 cm³/mol. The molecule has 0 aliphatic heterocycles. The summed E-state index contributed by atoms with van der Waals surface area (Å²) in [5, 5.41) is 12.9. The SMILES string of the molecule is COCCOc1cccc(NC(C)c2cccc(O)c2)c1. The van der Waals surface area contributed by atoms with E-state index in [9.17, 15) is 5.11 Å². The highest BCUT2D eigenvalue weighted by atomic mass is 16.5. The van der Waals surface area contributed by atoms with Gasteiger partial charge in [-0.25, -0.2) is 0 Å². The van der Waals surface area contributed by atoms with Crippen molar-refractivity contribution >= 4 is 5.69 Å². The van der Waals surface area contributed by atoms with Crippen LogP contribution in [0.3, 0.4) is 0 Å². The van der Waals surface area contributed by atoms with Gasteiger partial charge in [0.25, 0.3) is 0 Å². The van der Waals surface area contributed by atoms with Gasteiger partial charge < -0.3 is 19.9 Å². The summed E-state index contributed by atoms with van der Waals surface area (Å²) in [6.45, 7) is 3.15. The van der Waals surface area contributed by atoms with E-state index in [4.69, 9.17) is 9.47 Å². The molecule has 0 aliphatic rings. The van der Waals surface area contributed by atoms with Crippen molar-refractivity contribution < 1.29 is 14.6 Å². The lowest BCUT2D eigenvalue weighted by atomic mass is 10.1. The molecule has 4 heteroatoms. The standard InChI is InChI=1S/C17H21NO3/c1-13(14-5-3-7-16(19)11-14)18-15-6-4-8-17(12-15)21-10-9-20-2/h3-8,11-13,18-19H,9-10H2,1-2H3. The Morgan fingerprint density at radius 2 is 1.90 bits per heavy atom. The third-order valence-electron chi connectivity index (χ3n) is 3.14. The zero-order valence-corrected chi connectivity index (χ0v) is 12.4. The van der Waals surface area contributed by atoms with E-state index in [1.807, 2.05) is 43.3 Å². The minimum absolute atomic E-state index is 0.0892. The largest absolute Gasteiger partial charge is 0.508 e. The van der Waals surface area contributed by atoms with Crippen LogP contribution in [-0.2, 0) is 4.74 Å². The van der Waals surface area contributed by atoms with Crippen molar-refractivity contribution in [2.75, 3.05) is 25.6 Å². The maximum Gasteiger partial charge on any atom is 0.121 e. The van der Waals surface area contributed by atoms with Gasteiger partial charge in [0.1, 0.15) is 18.1 Å². The first-order chi connectivity index (χ1) is 10.2. The van der Waals surface area contributed by atoms with Crippen molar-refractivity contribution in [1.82, 2.24) is 0 Å². The van der Waals surface area contributed by atoms with Gasteiger partial charge in [0, 0.05) is 24.9 Å². The third kappa shape index (κ3) is 4.68. The number of methoxy groups -OCH3 is 1. The van der Waals surface area contributed by atoms with Crippen molar-refractivity contribution in [1.29, 1.82) is 0 Å². The molecule has 0 amide bonds. The van der Waals surface area contributed by atoms with Crippen LogP contribution in [0, 0.1) is 0 Å². The summed E-state index contributed by atoms with van der Waals surface area (Å²) in [6, 6.07) is 15.1. The van der Waals surface area contributed by atoms with E-state index in [2.05, 4.69) is 5.32 Å². The molecule has 2 rings (SSSR count). The predicted octanol–water partition coefficient (Wildman–Crippen LogP) is 3.59. The first-order valence-electron chi connectivity index (χ1n) is 6.96. The quantitative estimate of drug-likeness (QED) is 0.764. The van der Waals surface area contributed by atoms with Gasteiger partial charge in [-0.1, -0.05) is 18.2 Å². The van der Waals surface area contributed by atoms with Crippen molar-refractivity contribution in [3.8, 4) is 11.5 Å². The molecule has 0 aromatic heterocycles. The molecule has 2 aromatic rings. The van der Waals surface area contributed by atoms with Gasteiger partial charge in [-0.3, -0.25) is 0 Å². The molecular weight excluding hydrogens is 266 g/mol. The second kappa shape index (κ2) is 7.55. The molecule has 4 nitrogen and oxygen atoms in total. The van der Waals surface area contributed by atoms with Crippen LogP contribution in [0.1, 0.15) is 18.5 Å². The lowest BCUT2D eigenvalue weighted by Crippen LogP contribution is -2.07. The number of rotatable bonds is 7. The summed E-state index contributed by atoms with van der Waals surface area (Å²) in [5.74, 6) is 1.08. The highest BCUT2D eigenvalue weighted by Crippen LogP contribution is 2.24. The number of benzene rings is 2. The van der Waals surface area contributed by atoms with Crippen LogP contribution in [0.15, 0.2) is 48.5 Å². The topological polar surface area (TPSA) is 50.7 Å². The lowest BCUT2D eigenvalue weighted by Gasteiger charge is -2.16. The number of phenols is 1. The molecule has 0 saturated heterocycles. The molecule has 0 heterocycles. The summed E-state index contributed by atoms with van der Waals surface area (Å²) in [5.41, 5.74) is 2.00. The Labute approximate surface area is 125 Å². The number of phenolic OH excluding ortho intramolecular Hbond substituents is 1. The van der Waals surface area contributed by atoms with Crippen LogP contribution in [0.25, 0.3) is 0 Å². The van der Waals surface area contributed by atoms with E-state index in [0.29, 0.717) is 13.2 Å². The van der Waals surface area contributed by atoms with Gasteiger partial charge in [-0.15, -0.1) is 0 Å². The molecule has 0 saturated carbocycles. The molecule has 0 radical (unpaired) electrons. The van der Waals surface area contributed by atoms with E-state index in [1.165, 1.54) is 0 Å². The first-order valence-corrected chi connectivity index (χ1v) is 6.96. The Kier molecular flexibility index (Phi) is 5.46. The molecule has 0 bridgehead atoms. The van der Waals surface area contributed by atoms with Crippen LogP contribution in [-0.4, -0.2) is 25.4 Å². The van der Waals surface area contributed by atoms with Crippen LogP contribution in [0.4, 0.5) is 5.69 Å². The normalized spacial score (nSPS) is 11.9. The maximum atomic E-state index is 9.53. The summed E-state index contributed by atoms with van der Waals surface area (Å²) in [6.07, 6.45) is 0. The molecule has 1 unspecified atom stereocenters. The Bertz CT molecular complexity index is 571. The number of hydrogen-bond acceptors (Lipinski definition) is 4. The van der Waals surface area contributed by atoms with E-state index in [-0.39, 0.29) is 11.8 Å². The minimum Gasteiger partial charge on any atom is -0.508 e. The number of ether oxygens (including phenoxy) is 2. The molecular formula is C17H21NO3. The fourth-order valence-electron chi connectivity index (χ4n) is 2.05. The monoisotopic (exact) mass is 287 g/mol. The van der Waals surface area contributed by atoms with Crippen molar-refractivity contribution in [2.45, 2.75) is 13.0 Å². The zero-order chi connectivity index (χ0) is 15.1. The van der Waals surface area contributed by atoms with Crippen molar-refractivity contribution in [3.05, 3.63) is 54.1 Å². The minimum atomic E-state index is 0.0892. The van der Waals surface area contributed by atoms with Crippen LogP contribution in [0.2, 0.25) is 0 Å². The van der Waals surface area contributed by atoms with Gasteiger partial charge in [0.15, 0.2) is 0 Å². The Hall–Kier alpha value is -2.20. The second-order valence-electron chi connectivity index (χ2n) is 4.83.